The van der Waals surface area contributed by atoms with E-state index in [0.29, 0.717) is 0 Å². The summed E-state index contributed by atoms with van der Waals surface area (Å²) >= 11 is 0. The molecule has 0 aliphatic heterocycles. The molecule has 1 atom stereocenters. The molecule has 0 spiro atoms. The summed E-state index contributed by atoms with van der Waals surface area (Å²) in [6.07, 6.45) is 0.160. The Labute approximate surface area is 93.6 Å². The highest BCUT2D eigenvalue weighted by Gasteiger charge is 2.32. The molecule has 84 valence electrons. The second kappa shape index (κ2) is 4.92. The van der Waals surface area contributed by atoms with Crippen LogP contribution in [0.15, 0.2) is 30.3 Å². The van der Waals surface area contributed by atoms with E-state index >= 15 is 0 Å². The van der Waals surface area contributed by atoms with E-state index in [9.17, 15) is 5.11 Å². The maximum absolute atomic E-state index is 10.1. The zero-order valence-electron chi connectivity index (χ0n) is 9.90. The fraction of sp³-hybridized carbons (Fsp3) is 0.500. The Hall–Kier alpha value is -0.643. The van der Waals surface area contributed by atoms with Crippen LogP contribution in [0.2, 0.25) is 0 Å². The first kappa shape index (κ1) is 12.4. The molecule has 0 aliphatic carbocycles. The van der Waals surface area contributed by atoms with Crippen LogP contribution in [0, 0.1) is 0 Å². The average Bonchev–Trinajstić information content (AvgIpc) is 2.14. The largest absolute Gasteiger partial charge is 0.410 e. The van der Waals surface area contributed by atoms with Gasteiger partial charge in [-0.1, -0.05) is 30.3 Å². The predicted octanol–water partition coefficient (Wildman–Crippen LogP) is 1.35. The van der Waals surface area contributed by atoms with E-state index in [-0.39, 0.29) is 6.10 Å². The van der Waals surface area contributed by atoms with E-state index in [1.165, 1.54) is 0 Å². The lowest BCUT2D eigenvalue weighted by atomic mass is 10.4. The molecule has 0 aromatic heterocycles. The maximum atomic E-state index is 10.1. The van der Waals surface area contributed by atoms with E-state index in [4.69, 9.17) is 4.43 Å². The van der Waals surface area contributed by atoms with Crippen molar-refractivity contribution < 1.29 is 9.53 Å². The zero-order valence-corrected chi connectivity index (χ0v) is 11.1. The van der Waals surface area contributed by atoms with Gasteiger partial charge in [0, 0.05) is 6.10 Å². The van der Waals surface area contributed by atoms with Crippen molar-refractivity contribution in [3.05, 3.63) is 30.3 Å². The van der Waals surface area contributed by atoms with E-state index in [2.05, 4.69) is 0 Å². The number of hydrogen-bond acceptors (Lipinski definition) is 2. The van der Waals surface area contributed by atoms with Crippen molar-refractivity contribution >= 4 is 14.2 Å². The van der Waals surface area contributed by atoms with Crippen LogP contribution in [0.3, 0.4) is 0 Å². The van der Waals surface area contributed by atoms with Crippen molar-refractivity contribution in [1.82, 2.24) is 0 Å². The van der Waals surface area contributed by atoms with Crippen molar-refractivity contribution in [2.24, 2.45) is 0 Å². The van der Waals surface area contributed by atoms with Gasteiger partial charge in [-0.15, -0.1) is 0 Å². The van der Waals surface area contributed by atoms with E-state index in [1.807, 2.05) is 58.0 Å². The molecule has 15 heavy (non-hydrogen) atoms. The van der Waals surface area contributed by atoms with Gasteiger partial charge in [-0.25, -0.2) is 0 Å². The minimum Gasteiger partial charge on any atom is -0.410 e. The molecule has 0 heterocycles. The van der Waals surface area contributed by atoms with E-state index in [0.717, 1.165) is 5.19 Å². The molecule has 0 amide bonds. The summed E-state index contributed by atoms with van der Waals surface area (Å²) in [5.74, 6) is 0. The molecule has 0 bridgehead atoms. The van der Waals surface area contributed by atoms with Gasteiger partial charge < -0.3 is 9.53 Å². The quantitative estimate of drug-likeness (QED) is 0.782. The van der Waals surface area contributed by atoms with Gasteiger partial charge in [0.05, 0.1) is 5.22 Å². The molecule has 1 aromatic carbocycles. The minimum atomic E-state index is -1.78. The van der Waals surface area contributed by atoms with Gasteiger partial charge >= 0.3 is 0 Å². The standard InChI is InChI=1S/C12H20O2Si/c1-10(2)14-15(12(3,4)13)11-8-6-5-7-9-11/h5-10,13,15H,1-4H3. The molecule has 0 aliphatic rings. The Morgan fingerprint density at radius 1 is 1.20 bits per heavy atom. The van der Waals surface area contributed by atoms with Crippen molar-refractivity contribution in [1.29, 1.82) is 0 Å². The number of benzene rings is 1. The number of hydrogen-bond donors (Lipinski definition) is 1. The minimum absolute atomic E-state index is 0.160. The molecule has 1 aromatic rings. The molecular formula is C12H20O2Si. The van der Waals surface area contributed by atoms with Crippen molar-refractivity contribution in [2.45, 2.75) is 39.0 Å². The fourth-order valence-electron chi connectivity index (χ4n) is 1.55. The zero-order chi connectivity index (χ0) is 11.5. The van der Waals surface area contributed by atoms with Gasteiger partial charge in [-0.2, -0.15) is 0 Å². The van der Waals surface area contributed by atoms with Crippen LogP contribution in [0.25, 0.3) is 0 Å². The number of aliphatic hydroxyl groups is 1. The van der Waals surface area contributed by atoms with E-state index in [1.54, 1.807) is 0 Å². The first-order valence-corrected chi connectivity index (χ1v) is 6.96. The molecule has 2 nitrogen and oxygen atoms in total. The highest BCUT2D eigenvalue weighted by molar-refractivity contribution is 6.70. The second-order valence-electron chi connectivity index (χ2n) is 4.63. The van der Waals surface area contributed by atoms with Crippen molar-refractivity contribution in [3.63, 3.8) is 0 Å². The van der Waals surface area contributed by atoms with Crippen molar-refractivity contribution in [2.75, 3.05) is 0 Å². The lowest BCUT2D eigenvalue weighted by Gasteiger charge is -2.29. The third kappa shape index (κ3) is 3.78. The third-order valence-corrected chi connectivity index (χ3v) is 5.24. The Balaban J connectivity index is 2.92. The van der Waals surface area contributed by atoms with Gasteiger partial charge in [0.2, 0.25) is 9.04 Å². The van der Waals surface area contributed by atoms with Crippen LogP contribution < -0.4 is 5.19 Å². The van der Waals surface area contributed by atoms with Crippen LogP contribution in [0.5, 0.6) is 0 Å². The lowest BCUT2D eigenvalue weighted by molar-refractivity contribution is 0.121. The molecule has 1 unspecified atom stereocenters. The smallest absolute Gasteiger partial charge is 0.239 e. The summed E-state index contributed by atoms with van der Waals surface area (Å²) in [6.45, 7) is 7.68. The lowest BCUT2D eigenvalue weighted by Crippen LogP contribution is -2.52. The maximum Gasteiger partial charge on any atom is 0.239 e. The molecule has 1 N–H and O–H groups in total. The van der Waals surface area contributed by atoms with Crippen LogP contribution >= 0.6 is 0 Å². The van der Waals surface area contributed by atoms with Gasteiger partial charge in [0.1, 0.15) is 0 Å². The molecule has 0 fully saturated rings. The first-order chi connectivity index (χ1) is 6.91. The highest BCUT2D eigenvalue weighted by atomic mass is 28.3. The Bertz CT molecular complexity index is 290. The molecule has 1 rings (SSSR count). The van der Waals surface area contributed by atoms with Gasteiger partial charge in [-0.3, -0.25) is 0 Å². The van der Waals surface area contributed by atoms with Crippen LogP contribution in [0.4, 0.5) is 0 Å². The number of rotatable bonds is 4. The summed E-state index contributed by atoms with van der Waals surface area (Å²) in [5.41, 5.74) is 0. The molecule has 0 radical (unpaired) electrons. The van der Waals surface area contributed by atoms with Crippen LogP contribution in [-0.4, -0.2) is 25.5 Å². The van der Waals surface area contributed by atoms with Gasteiger partial charge in [0.15, 0.2) is 0 Å². The molecule has 0 saturated heterocycles. The summed E-state index contributed by atoms with van der Waals surface area (Å²) in [6, 6.07) is 10.0. The van der Waals surface area contributed by atoms with Gasteiger partial charge in [0.25, 0.3) is 0 Å². The molecule has 0 saturated carbocycles. The van der Waals surface area contributed by atoms with Crippen LogP contribution in [-0.2, 0) is 4.43 Å². The summed E-state index contributed by atoms with van der Waals surface area (Å²) < 4.78 is 5.89. The second-order valence-corrected chi connectivity index (χ2v) is 7.74. The first-order valence-electron chi connectivity index (χ1n) is 5.34. The molecular weight excluding hydrogens is 204 g/mol. The summed E-state index contributed by atoms with van der Waals surface area (Å²) in [7, 11) is -1.78. The van der Waals surface area contributed by atoms with Crippen molar-refractivity contribution in [3.8, 4) is 0 Å². The van der Waals surface area contributed by atoms with E-state index < -0.39 is 14.3 Å². The average molecular weight is 224 g/mol. The molecule has 3 heteroatoms. The monoisotopic (exact) mass is 224 g/mol. The summed E-state index contributed by atoms with van der Waals surface area (Å²) in [4.78, 5) is 0. The fourth-order valence-corrected chi connectivity index (χ4v) is 3.97. The normalized spacial score (nSPS) is 14.3. The Morgan fingerprint density at radius 2 is 1.73 bits per heavy atom. The topological polar surface area (TPSA) is 29.5 Å². The third-order valence-electron chi connectivity index (χ3n) is 2.15. The summed E-state index contributed by atoms with van der Waals surface area (Å²) in [5, 5.41) is 10.5. The predicted molar refractivity (Wildman–Crippen MR) is 65.7 cm³/mol. The van der Waals surface area contributed by atoms with Crippen LogP contribution in [0.1, 0.15) is 27.7 Å². The SMILES string of the molecule is CC(C)O[SiH](c1ccccc1)C(C)(C)O. The van der Waals surface area contributed by atoms with Gasteiger partial charge in [-0.05, 0) is 32.9 Å². The Morgan fingerprint density at radius 3 is 2.13 bits per heavy atom. The highest BCUT2D eigenvalue weighted by Crippen LogP contribution is 2.11. The Kier molecular flexibility index (Phi) is 4.08.